The van der Waals surface area contributed by atoms with E-state index in [1.54, 1.807) is 0 Å². The van der Waals surface area contributed by atoms with E-state index in [0.717, 1.165) is 37.5 Å². The Labute approximate surface area is 127 Å². The van der Waals surface area contributed by atoms with Gasteiger partial charge in [0.15, 0.2) is 5.78 Å². The average molecular weight is 292 g/mol. The summed E-state index contributed by atoms with van der Waals surface area (Å²) < 4.78 is 0. The van der Waals surface area contributed by atoms with Crippen LogP contribution in [0.4, 0.5) is 0 Å². The van der Waals surface area contributed by atoms with E-state index in [0.29, 0.717) is 24.2 Å². The van der Waals surface area contributed by atoms with Gasteiger partial charge in [0.05, 0.1) is 6.10 Å². The molecule has 0 spiro atoms. The zero-order valence-electron chi connectivity index (χ0n) is 13.0. The number of carbonyl (C=O) groups excluding carboxylic acids is 1. The lowest BCUT2D eigenvalue weighted by Crippen LogP contribution is -2.49. The molecule has 4 fully saturated rings. The molecule has 0 saturated heterocycles. The molecule has 0 aromatic rings. The summed E-state index contributed by atoms with van der Waals surface area (Å²) in [5.74, 6) is 3.39. The summed E-state index contributed by atoms with van der Waals surface area (Å²) in [5, 5.41) is 20.0. The van der Waals surface area contributed by atoms with Gasteiger partial charge in [-0.05, 0) is 81.0 Å². The van der Waals surface area contributed by atoms with Crippen molar-refractivity contribution < 1.29 is 15.0 Å². The Morgan fingerprint density at radius 3 is 2.52 bits per heavy atom. The fourth-order valence-corrected chi connectivity index (χ4v) is 6.62. The molecule has 4 saturated carbocycles. The molecule has 3 nitrogen and oxygen atoms in total. The second-order valence-corrected chi connectivity index (χ2v) is 8.47. The van der Waals surface area contributed by atoms with Crippen LogP contribution in [0.1, 0.15) is 58.3 Å². The summed E-state index contributed by atoms with van der Waals surface area (Å²) in [4.78, 5) is 12.4. The third-order valence-electron chi connectivity index (χ3n) is 7.66. The van der Waals surface area contributed by atoms with Gasteiger partial charge in [-0.3, -0.25) is 4.79 Å². The fourth-order valence-electron chi connectivity index (χ4n) is 6.62. The number of Topliss-reactive ketones (excluding diaryl/α,β-unsaturated/α-hetero) is 1. The lowest BCUT2D eigenvalue weighted by molar-refractivity contribution is -0.137. The normalized spacial score (nSPS) is 56.5. The van der Waals surface area contributed by atoms with E-state index in [4.69, 9.17) is 0 Å². The van der Waals surface area contributed by atoms with Crippen LogP contribution >= 0.6 is 0 Å². The number of ketones is 1. The Morgan fingerprint density at radius 1 is 0.952 bits per heavy atom. The molecule has 3 heteroatoms. The van der Waals surface area contributed by atoms with Gasteiger partial charge in [-0.15, -0.1) is 0 Å². The van der Waals surface area contributed by atoms with Crippen LogP contribution in [0.15, 0.2) is 0 Å². The van der Waals surface area contributed by atoms with Crippen molar-refractivity contribution in [2.45, 2.75) is 70.5 Å². The van der Waals surface area contributed by atoms with Crippen LogP contribution in [0.5, 0.6) is 0 Å². The lowest BCUT2D eigenvalue weighted by atomic mass is 9.50. The number of carbonyl (C=O) groups is 1. The molecule has 2 N–H and O–H groups in total. The van der Waals surface area contributed by atoms with Crippen molar-refractivity contribution in [3.05, 3.63) is 0 Å². The van der Waals surface area contributed by atoms with E-state index >= 15 is 0 Å². The Bertz CT molecular complexity index is 448. The summed E-state index contributed by atoms with van der Waals surface area (Å²) in [7, 11) is 0. The standard InChI is InChI=1S/C18H28O3/c1-18-7-6-13-12-5-3-11(19)8-10(12)2-4-14(13)15(18)9-16(20)17(18)21/h10-16,19-20H,2-9H2,1H3/t10-,11+,12?,13+,14+,15-,16+,18-/m0/s1. The zero-order valence-corrected chi connectivity index (χ0v) is 13.0. The highest BCUT2D eigenvalue weighted by Gasteiger charge is 2.59. The number of aliphatic hydroxyl groups is 2. The van der Waals surface area contributed by atoms with Crippen LogP contribution in [-0.2, 0) is 4.79 Å². The molecule has 118 valence electrons. The van der Waals surface area contributed by atoms with Gasteiger partial charge in [-0.2, -0.15) is 0 Å². The van der Waals surface area contributed by atoms with Crippen molar-refractivity contribution in [3.63, 3.8) is 0 Å². The zero-order chi connectivity index (χ0) is 14.8. The van der Waals surface area contributed by atoms with Crippen molar-refractivity contribution in [1.29, 1.82) is 0 Å². The van der Waals surface area contributed by atoms with Crippen LogP contribution in [0, 0.1) is 35.0 Å². The third-order valence-corrected chi connectivity index (χ3v) is 7.66. The van der Waals surface area contributed by atoms with E-state index in [-0.39, 0.29) is 17.3 Å². The topological polar surface area (TPSA) is 57.5 Å². The van der Waals surface area contributed by atoms with Crippen molar-refractivity contribution in [3.8, 4) is 0 Å². The second kappa shape index (κ2) is 4.79. The van der Waals surface area contributed by atoms with E-state index < -0.39 is 6.10 Å². The van der Waals surface area contributed by atoms with Crippen LogP contribution in [0.25, 0.3) is 0 Å². The number of aliphatic hydroxyl groups excluding tert-OH is 2. The molecule has 8 atom stereocenters. The molecule has 21 heavy (non-hydrogen) atoms. The Morgan fingerprint density at radius 2 is 1.71 bits per heavy atom. The Hall–Kier alpha value is -0.410. The first-order chi connectivity index (χ1) is 10.0. The van der Waals surface area contributed by atoms with E-state index in [1.807, 2.05) is 0 Å². The highest BCUT2D eigenvalue weighted by molar-refractivity contribution is 5.91. The maximum absolute atomic E-state index is 12.4. The van der Waals surface area contributed by atoms with E-state index in [2.05, 4.69) is 6.92 Å². The van der Waals surface area contributed by atoms with Gasteiger partial charge < -0.3 is 10.2 Å². The maximum atomic E-state index is 12.4. The van der Waals surface area contributed by atoms with Crippen LogP contribution in [0.2, 0.25) is 0 Å². The van der Waals surface area contributed by atoms with Crippen molar-refractivity contribution >= 4 is 5.78 Å². The molecule has 0 bridgehead atoms. The van der Waals surface area contributed by atoms with Gasteiger partial charge in [0.25, 0.3) is 0 Å². The first-order valence-electron chi connectivity index (χ1n) is 8.91. The second-order valence-electron chi connectivity index (χ2n) is 8.47. The number of fused-ring (bicyclic) bond motifs is 5. The molecular weight excluding hydrogens is 264 g/mol. The highest BCUT2D eigenvalue weighted by Crippen LogP contribution is 2.61. The Balaban J connectivity index is 1.59. The first kappa shape index (κ1) is 14.2. The number of hydrogen-bond donors (Lipinski definition) is 2. The van der Waals surface area contributed by atoms with Crippen LogP contribution < -0.4 is 0 Å². The summed E-state index contributed by atoms with van der Waals surface area (Å²) in [6, 6.07) is 0. The third kappa shape index (κ3) is 1.96. The quantitative estimate of drug-likeness (QED) is 0.721. The number of rotatable bonds is 0. The minimum absolute atomic E-state index is 0.0773. The summed E-state index contributed by atoms with van der Waals surface area (Å²) in [6.07, 6.45) is 7.62. The monoisotopic (exact) mass is 292 g/mol. The predicted molar refractivity (Wildman–Crippen MR) is 79.5 cm³/mol. The van der Waals surface area contributed by atoms with Gasteiger partial charge >= 0.3 is 0 Å². The van der Waals surface area contributed by atoms with Crippen molar-refractivity contribution in [2.75, 3.05) is 0 Å². The van der Waals surface area contributed by atoms with Crippen molar-refractivity contribution in [2.24, 2.45) is 35.0 Å². The lowest BCUT2D eigenvalue weighted by Gasteiger charge is -2.54. The smallest absolute Gasteiger partial charge is 0.167 e. The Kier molecular flexibility index (Phi) is 3.24. The van der Waals surface area contributed by atoms with Gasteiger partial charge in [0.1, 0.15) is 6.10 Å². The minimum atomic E-state index is -0.704. The maximum Gasteiger partial charge on any atom is 0.167 e. The minimum Gasteiger partial charge on any atom is -0.393 e. The molecule has 1 unspecified atom stereocenters. The summed E-state index contributed by atoms with van der Waals surface area (Å²) >= 11 is 0. The number of hydrogen-bond acceptors (Lipinski definition) is 3. The average Bonchev–Trinajstić information content (AvgIpc) is 2.70. The molecule has 0 aromatic heterocycles. The molecule has 0 radical (unpaired) electrons. The van der Waals surface area contributed by atoms with Gasteiger partial charge in [0.2, 0.25) is 0 Å². The first-order valence-corrected chi connectivity index (χ1v) is 8.91. The summed E-state index contributed by atoms with van der Waals surface area (Å²) in [6.45, 7) is 2.11. The van der Waals surface area contributed by atoms with Crippen molar-refractivity contribution in [1.82, 2.24) is 0 Å². The van der Waals surface area contributed by atoms with E-state index in [1.165, 1.54) is 19.3 Å². The predicted octanol–water partition coefficient (Wildman–Crippen LogP) is 2.54. The highest BCUT2D eigenvalue weighted by atomic mass is 16.3. The van der Waals surface area contributed by atoms with Gasteiger partial charge in [0, 0.05) is 5.41 Å². The fraction of sp³-hybridized carbons (Fsp3) is 0.944. The summed E-state index contributed by atoms with van der Waals surface area (Å²) in [5.41, 5.74) is -0.248. The largest absolute Gasteiger partial charge is 0.393 e. The van der Waals surface area contributed by atoms with Gasteiger partial charge in [-0.1, -0.05) is 6.92 Å². The SMILES string of the molecule is C[C@]12CC[C@@H]3C4CC[C@@H](O)C[C@@H]4CC[C@H]3[C@@H]1C[C@@H](O)C2=O. The molecular formula is C18H28O3. The van der Waals surface area contributed by atoms with Crippen LogP contribution in [-0.4, -0.2) is 28.2 Å². The molecule has 4 rings (SSSR count). The molecule has 4 aliphatic rings. The van der Waals surface area contributed by atoms with Gasteiger partial charge in [-0.25, -0.2) is 0 Å². The molecule has 0 aliphatic heterocycles. The molecule has 0 aromatic carbocycles. The molecule has 0 amide bonds. The van der Waals surface area contributed by atoms with E-state index in [9.17, 15) is 15.0 Å². The molecule has 4 aliphatic carbocycles. The van der Waals surface area contributed by atoms with Crippen LogP contribution in [0.3, 0.4) is 0 Å². The molecule has 0 heterocycles.